The molecule has 0 aliphatic heterocycles. The number of carbonyl (C=O) groups excluding carboxylic acids is 1. The van der Waals surface area contributed by atoms with E-state index in [-0.39, 0.29) is 16.6 Å². The fourth-order valence-corrected chi connectivity index (χ4v) is 2.29. The van der Waals surface area contributed by atoms with E-state index in [9.17, 15) is 14.7 Å². The molecular formula is C16H17ClN2O5. The Bertz CT molecular complexity index is 757. The Kier molecular flexibility index (Phi) is 5.46. The molecule has 2 N–H and O–H groups in total. The van der Waals surface area contributed by atoms with Gasteiger partial charge in [0, 0.05) is 12.0 Å². The number of carboxylic acid groups (broad SMARTS) is 1. The maximum Gasteiger partial charge on any atom is 0.330 e. The molecule has 1 aromatic heterocycles. The zero-order chi connectivity index (χ0) is 17.9. The Morgan fingerprint density at radius 1 is 1.33 bits per heavy atom. The molecule has 0 fully saturated rings. The first-order valence-electron chi connectivity index (χ1n) is 7.17. The van der Waals surface area contributed by atoms with Crippen LogP contribution in [-0.4, -0.2) is 29.2 Å². The molecule has 8 heteroatoms. The normalized spacial score (nSPS) is 12.0. The smallest absolute Gasteiger partial charge is 0.330 e. The van der Waals surface area contributed by atoms with Crippen molar-refractivity contribution in [1.82, 2.24) is 10.5 Å². The van der Waals surface area contributed by atoms with Crippen molar-refractivity contribution in [1.29, 1.82) is 0 Å². The SMILES string of the molecule is COc1ccc(C(NC(=O)c2cc(C(C)C)on2)C(=O)O)cc1Cl. The number of aliphatic carboxylic acids is 1. The number of halogens is 1. The second-order valence-corrected chi connectivity index (χ2v) is 5.82. The molecule has 1 unspecified atom stereocenters. The van der Waals surface area contributed by atoms with Gasteiger partial charge < -0.3 is 19.7 Å². The lowest BCUT2D eigenvalue weighted by Crippen LogP contribution is -2.33. The Labute approximate surface area is 143 Å². The molecule has 0 spiro atoms. The van der Waals surface area contributed by atoms with Gasteiger partial charge in [-0.15, -0.1) is 0 Å². The first-order chi connectivity index (χ1) is 11.3. The lowest BCUT2D eigenvalue weighted by molar-refractivity contribution is -0.139. The van der Waals surface area contributed by atoms with Crippen LogP contribution in [-0.2, 0) is 4.79 Å². The van der Waals surface area contributed by atoms with Crippen molar-refractivity contribution in [3.63, 3.8) is 0 Å². The molecule has 0 aliphatic carbocycles. The third-order valence-electron chi connectivity index (χ3n) is 3.36. The topological polar surface area (TPSA) is 102 Å². The van der Waals surface area contributed by atoms with E-state index in [1.54, 1.807) is 0 Å². The Morgan fingerprint density at radius 3 is 2.54 bits per heavy atom. The fraction of sp³-hybridized carbons (Fsp3) is 0.312. The van der Waals surface area contributed by atoms with Crippen LogP contribution in [0, 0.1) is 0 Å². The highest BCUT2D eigenvalue weighted by Crippen LogP contribution is 2.28. The number of benzene rings is 1. The summed E-state index contributed by atoms with van der Waals surface area (Å²) in [6.45, 7) is 3.78. The molecule has 0 aliphatic rings. The van der Waals surface area contributed by atoms with Crippen LogP contribution in [0.2, 0.25) is 5.02 Å². The quantitative estimate of drug-likeness (QED) is 0.828. The van der Waals surface area contributed by atoms with Gasteiger partial charge in [-0.2, -0.15) is 0 Å². The summed E-state index contributed by atoms with van der Waals surface area (Å²) in [6.07, 6.45) is 0. The van der Waals surface area contributed by atoms with Gasteiger partial charge in [-0.1, -0.05) is 36.7 Å². The number of ether oxygens (including phenoxy) is 1. The van der Waals surface area contributed by atoms with Gasteiger partial charge in [-0.05, 0) is 17.7 Å². The minimum Gasteiger partial charge on any atom is -0.495 e. The number of carbonyl (C=O) groups is 2. The number of hydrogen-bond acceptors (Lipinski definition) is 5. The summed E-state index contributed by atoms with van der Waals surface area (Å²) >= 11 is 6.01. The van der Waals surface area contributed by atoms with Crippen LogP contribution in [0.1, 0.15) is 47.6 Å². The van der Waals surface area contributed by atoms with E-state index in [0.29, 0.717) is 17.1 Å². The molecule has 128 valence electrons. The van der Waals surface area contributed by atoms with E-state index in [0.717, 1.165) is 0 Å². The molecule has 1 amide bonds. The molecule has 0 saturated carbocycles. The number of carboxylic acids is 1. The number of nitrogens with zero attached hydrogens (tertiary/aromatic N) is 1. The number of aromatic nitrogens is 1. The van der Waals surface area contributed by atoms with E-state index in [4.69, 9.17) is 20.9 Å². The maximum absolute atomic E-state index is 12.2. The molecule has 0 radical (unpaired) electrons. The predicted octanol–water partition coefficient (Wildman–Crippen LogP) is 3.02. The highest BCUT2D eigenvalue weighted by Gasteiger charge is 2.25. The Balaban J connectivity index is 2.23. The molecule has 24 heavy (non-hydrogen) atoms. The van der Waals surface area contributed by atoms with E-state index >= 15 is 0 Å². The lowest BCUT2D eigenvalue weighted by Gasteiger charge is -2.15. The molecule has 1 atom stereocenters. The molecule has 0 saturated heterocycles. The predicted molar refractivity (Wildman–Crippen MR) is 86.4 cm³/mol. The van der Waals surface area contributed by atoms with Crippen LogP contribution in [0.4, 0.5) is 0 Å². The minimum atomic E-state index is -1.28. The third kappa shape index (κ3) is 3.86. The van der Waals surface area contributed by atoms with E-state index in [1.807, 2.05) is 13.8 Å². The average molecular weight is 353 g/mol. The van der Waals surface area contributed by atoms with E-state index in [1.165, 1.54) is 31.4 Å². The third-order valence-corrected chi connectivity index (χ3v) is 3.66. The van der Waals surface area contributed by atoms with Crippen molar-refractivity contribution in [3.8, 4) is 5.75 Å². The van der Waals surface area contributed by atoms with Gasteiger partial charge in [-0.3, -0.25) is 4.79 Å². The van der Waals surface area contributed by atoms with Gasteiger partial charge in [0.15, 0.2) is 11.7 Å². The van der Waals surface area contributed by atoms with Gasteiger partial charge >= 0.3 is 5.97 Å². The van der Waals surface area contributed by atoms with Crippen LogP contribution in [0.5, 0.6) is 5.75 Å². The summed E-state index contributed by atoms with van der Waals surface area (Å²) in [5, 5.41) is 15.7. The van der Waals surface area contributed by atoms with Crippen molar-refractivity contribution in [2.75, 3.05) is 7.11 Å². The molecule has 2 rings (SSSR count). The standard InChI is InChI=1S/C16H17ClN2O5/c1-8(2)13-7-11(19-24-13)15(20)18-14(16(21)22)9-4-5-12(23-3)10(17)6-9/h4-8,14H,1-3H3,(H,18,20)(H,21,22). The van der Waals surface area contributed by atoms with Crippen LogP contribution in [0.15, 0.2) is 28.8 Å². The van der Waals surface area contributed by atoms with Crippen LogP contribution >= 0.6 is 11.6 Å². The van der Waals surface area contributed by atoms with Crippen molar-refractivity contribution in [2.24, 2.45) is 0 Å². The second kappa shape index (κ2) is 7.35. The summed E-state index contributed by atoms with van der Waals surface area (Å²) in [7, 11) is 1.45. The zero-order valence-corrected chi connectivity index (χ0v) is 14.1. The molecular weight excluding hydrogens is 336 g/mol. The van der Waals surface area contributed by atoms with Crippen molar-refractivity contribution in [3.05, 3.63) is 46.3 Å². The molecule has 2 aromatic rings. The summed E-state index contributed by atoms with van der Waals surface area (Å²) in [4.78, 5) is 23.7. The van der Waals surface area contributed by atoms with Crippen molar-refractivity contribution in [2.45, 2.75) is 25.8 Å². The monoisotopic (exact) mass is 352 g/mol. The molecule has 7 nitrogen and oxygen atoms in total. The number of hydrogen-bond donors (Lipinski definition) is 2. The molecule has 1 heterocycles. The number of amides is 1. The zero-order valence-electron chi connectivity index (χ0n) is 13.4. The minimum absolute atomic E-state index is 0.0181. The lowest BCUT2D eigenvalue weighted by atomic mass is 10.1. The van der Waals surface area contributed by atoms with Gasteiger partial charge in [0.1, 0.15) is 11.5 Å². The van der Waals surface area contributed by atoms with Gasteiger partial charge in [-0.25, -0.2) is 4.79 Å². The summed E-state index contributed by atoms with van der Waals surface area (Å²) in [5.74, 6) is -0.856. The fourth-order valence-electron chi connectivity index (χ4n) is 2.02. The van der Waals surface area contributed by atoms with Crippen molar-refractivity contribution < 1.29 is 24.0 Å². The Hall–Kier alpha value is -2.54. The summed E-state index contributed by atoms with van der Waals surface area (Å²) in [6, 6.07) is 4.70. The highest BCUT2D eigenvalue weighted by molar-refractivity contribution is 6.32. The van der Waals surface area contributed by atoms with Crippen LogP contribution in [0.3, 0.4) is 0 Å². The number of nitrogens with one attached hydrogen (secondary N) is 1. The average Bonchev–Trinajstić information content (AvgIpc) is 3.02. The van der Waals surface area contributed by atoms with Crippen LogP contribution < -0.4 is 10.1 Å². The maximum atomic E-state index is 12.2. The van der Waals surface area contributed by atoms with Gasteiger partial charge in [0.2, 0.25) is 0 Å². The summed E-state index contributed by atoms with van der Waals surface area (Å²) < 4.78 is 10.1. The molecule has 0 bridgehead atoms. The van der Waals surface area contributed by atoms with Crippen LogP contribution in [0.25, 0.3) is 0 Å². The van der Waals surface area contributed by atoms with Gasteiger partial charge in [0.05, 0.1) is 12.1 Å². The number of methoxy groups -OCH3 is 1. The highest BCUT2D eigenvalue weighted by atomic mass is 35.5. The number of rotatable bonds is 6. The summed E-state index contributed by atoms with van der Waals surface area (Å²) in [5.41, 5.74) is 0.332. The second-order valence-electron chi connectivity index (χ2n) is 5.41. The molecule has 1 aromatic carbocycles. The van der Waals surface area contributed by atoms with E-state index in [2.05, 4.69) is 10.5 Å². The van der Waals surface area contributed by atoms with E-state index < -0.39 is 17.9 Å². The Morgan fingerprint density at radius 2 is 2.04 bits per heavy atom. The first kappa shape index (κ1) is 17.8. The largest absolute Gasteiger partial charge is 0.495 e. The first-order valence-corrected chi connectivity index (χ1v) is 7.55. The van der Waals surface area contributed by atoms with Crippen molar-refractivity contribution >= 4 is 23.5 Å². The van der Waals surface area contributed by atoms with Gasteiger partial charge in [0.25, 0.3) is 5.91 Å².